The molecule has 6 heteroatoms. The van der Waals surface area contributed by atoms with E-state index in [-0.39, 0.29) is 13.1 Å². The molecule has 0 spiro atoms. The van der Waals surface area contributed by atoms with Gasteiger partial charge in [-0.2, -0.15) is 0 Å². The van der Waals surface area contributed by atoms with E-state index in [4.69, 9.17) is 4.74 Å². The second-order valence-electron chi connectivity index (χ2n) is 7.26. The number of carbonyl (C=O) groups is 3. The number of hydrogen-bond acceptors (Lipinski definition) is 4. The summed E-state index contributed by atoms with van der Waals surface area (Å²) in [5, 5.41) is 2.75. The van der Waals surface area contributed by atoms with Gasteiger partial charge >= 0.3 is 0 Å². The van der Waals surface area contributed by atoms with Crippen LogP contribution in [0.1, 0.15) is 30.9 Å². The summed E-state index contributed by atoms with van der Waals surface area (Å²) in [4.78, 5) is 37.1. The number of carbonyl (C=O) groups excluding carboxylic acids is 3. The smallest absolute Gasteiger partial charge is 0.290 e. The van der Waals surface area contributed by atoms with Crippen molar-refractivity contribution in [3.8, 4) is 11.5 Å². The average Bonchev–Trinajstić information content (AvgIpc) is 2.94. The third-order valence-electron chi connectivity index (χ3n) is 4.83. The van der Waals surface area contributed by atoms with Crippen LogP contribution in [0, 0.1) is 5.92 Å². The Kier molecular flexibility index (Phi) is 5.78. The van der Waals surface area contributed by atoms with Crippen LogP contribution >= 0.6 is 0 Å². The van der Waals surface area contributed by atoms with Crippen LogP contribution in [0.4, 0.5) is 0 Å². The monoisotopic (exact) mass is 380 g/mol. The molecule has 2 amide bonds. The highest BCUT2D eigenvalue weighted by molar-refractivity contribution is 6.42. The number of hydrogen-bond donors (Lipinski definition) is 1. The predicted octanol–water partition coefficient (Wildman–Crippen LogP) is 2.88. The lowest BCUT2D eigenvalue weighted by atomic mass is 10.0. The minimum atomic E-state index is -0.951. The van der Waals surface area contributed by atoms with Crippen LogP contribution in [-0.2, 0) is 20.9 Å². The van der Waals surface area contributed by atoms with Crippen LogP contribution < -0.4 is 10.1 Å². The molecule has 2 aromatic rings. The Balaban J connectivity index is 1.69. The van der Waals surface area contributed by atoms with Crippen molar-refractivity contribution in [1.82, 2.24) is 10.2 Å². The topological polar surface area (TPSA) is 75.7 Å². The van der Waals surface area contributed by atoms with Gasteiger partial charge in [-0.1, -0.05) is 44.2 Å². The van der Waals surface area contributed by atoms with Gasteiger partial charge < -0.3 is 15.0 Å². The molecule has 1 saturated heterocycles. The molecule has 28 heavy (non-hydrogen) atoms. The molecule has 0 bridgehead atoms. The highest BCUT2D eigenvalue weighted by Crippen LogP contribution is 2.28. The average molecular weight is 380 g/mol. The van der Waals surface area contributed by atoms with Crippen LogP contribution in [0.3, 0.4) is 0 Å². The fraction of sp³-hybridized carbons (Fsp3) is 0.318. The molecular formula is C22H24N2O4. The van der Waals surface area contributed by atoms with E-state index in [2.05, 4.69) is 25.2 Å². The molecule has 3 rings (SSSR count). The van der Waals surface area contributed by atoms with Crippen LogP contribution in [0.2, 0.25) is 0 Å². The number of rotatable bonds is 6. The minimum Gasteiger partial charge on any atom is -0.457 e. The number of likely N-dealkylation sites (N-methyl/N-ethyl adjacent to an activating group) is 1. The molecule has 1 atom stereocenters. The molecule has 1 N–H and O–H groups in total. The van der Waals surface area contributed by atoms with Crippen molar-refractivity contribution in [2.75, 3.05) is 13.6 Å². The highest BCUT2D eigenvalue weighted by atomic mass is 16.5. The zero-order valence-corrected chi connectivity index (χ0v) is 16.3. The van der Waals surface area contributed by atoms with Gasteiger partial charge in [-0.15, -0.1) is 0 Å². The fourth-order valence-electron chi connectivity index (χ4n) is 3.10. The molecule has 1 heterocycles. The van der Waals surface area contributed by atoms with Gasteiger partial charge in [0.05, 0.1) is 0 Å². The molecule has 146 valence electrons. The van der Waals surface area contributed by atoms with Gasteiger partial charge in [0.25, 0.3) is 5.91 Å². The maximum atomic E-state index is 12.4. The first-order chi connectivity index (χ1) is 13.4. The van der Waals surface area contributed by atoms with E-state index in [1.165, 1.54) is 17.5 Å². The van der Waals surface area contributed by atoms with E-state index in [9.17, 15) is 14.4 Å². The third kappa shape index (κ3) is 4.22. The summed E-state index contributed by atoms with van der Waals surface area (Å²) in [5.74, 6) is -0.919. The molecule has 2 aromatic carbocycles. The fourth-order valence-corrected chi connectivity index (χ4v) is 3.10. The molecule has 0 aromatic heterocycles. The van der Waals surface area contributed by atoms with E-state index in [1.54, 1.807) is 0 Å². The summed E-state index contributed by atoms with van der Waals surface area (Å²) in [6.45, 7) is 4.56. The molecule has 6 nitrogen and oxygen atoms in total. The van der Waals surface area contributed by atoms with E-state index in [0.29, 0.717) is 11.7 Å². The normalized spacial score (nSPS) is 16.6. The van der Waals surface area contributed by atoms with Crippen LogP contribution in [-0.4, -0.2) is 36.1 Å². The van der Waals surface area contributed by atoms with Gasteiger partial charge in [-0.25, -0.2) is 0 Å². The van der Waals surface area contributed by atoms with Gasteiger partial charge in [0, 0.05) is 25.7 Å². The van der Waals surface area contributed by atoms with Gasteiger partial charge in [0.1, 0.15) is 17.4 Å². The van der Waals surface area contributed by atoms with Crippen molar-refractivity contribution in [3.05, 3.63) is 59.7 Å². The van der Waals surface area contributed by atoms with Gasteiger partial charge in [0.15, 0.2) is 0 Å². The van der Waals surface area contributed by atoms with E-state index < -0.39 is 23.5 Å². The molecule has 0 radical (unpaired) electrons. The first kappa shape index (κ1) is 19.6. The zero-order chi connectivity index (χ0) is 20.3. The summed E-state index contributed by atoms with van der Waals surface area (Å²) in [6.07, 6.45) is 0. The van der Waals surface area contributed by atoms with Crippen molar-refractivity contribution in [1.29, 1.82) is 0 Å². The third-order valence-corrected chi connectivity index (χ3v) is 4.83. The number of likely N-dealkylation sites (tertiary alicyclic amines) is 1. The SMILES string of the molecule is CC(C)c1cccc(Oc2ccccc2CNC(=O)C2CN(C)C(=O)C2=O)c1. The predicted molar refractivity (Wildman–Crippen MR) is 105 cm³/mol. The Morgan fingerprint density at radius 3 is 2.61 bits per heavy atom. The first-order valence-corrected chi connectivity index (χ1v) is 9.29. The summed E-state index contributed by atoms with van der Waals surface area (Å²) < 4.78 is 6.03. The van der Waals surface area contributed by atoms with Gasteiger partial charge in [-0.05, 0) is 29.7 Å². The summed E-state index contributed by atoms with van der Waals surface area (Å²) in [7, 11) is 1.52. The largest absolute Gasteiger partial charge is 0.457 e. The molecule has 1 aliphatic rings. The van der Waals surface area contributed by atoms with Crippen LogP contribution in [0.15, 0.2) is 48.5 Å². The Morgan fingerprint density at radius 1 is 1.18 bits per heavy atom. The molecule has 1 aliphatic heterocycles. The number of ketones is 1. The Hall–Kier alpha value is -3.15. The number of nitrogens with zero attached hydrogens (tertiary/aromatic N) is 1. The molecule has 1 fully saturated rings. The Labute approximate surface area is 164 Å². The van der Waals surface area contributed by atoms with E-state index in [0.717, 1.165) is 11.3 Å². The number of ether oxygens (including phenoxy) is 1. The zero-order valence-electron chi connectivity index (χ0n) is 16.3. The van der Waals surface area contributed by atoms with Crippen LogP contribution in [0.25, 0.3) is 0 Å². The van der Waals surface area contributed by atoms with Gasteiger partial charge in [-0.3, -0.25) is 14.4 Å². The second kappa shape index (κ2) is 8.25. The van der Waals surface area contributed by atoms with Crippen molar-refractivity contribution in [2.24, 2.45) is 5.92 Å². The van der Waals surface area contributed by atoms with Crippen molar-refractivity contribution in [2.45, 2.75) is 26.3 Å². The van der Waals surface area contributed by atoms with E-state index in [1.807, 2.05) is 42.5 Å². The number of Topliss-reactive ketones (excluding diaryl/α,β-unsaturated/α-hetero) is 1. The standard InChI is InChI=1S/C22H24N2O4/c1-14(2)15-8-6-9-17(11-15)28-19-10-5-4-7-16(19)12-23-21(26)18-13-24(3)22(27)20(18)25/h4-11,14,18H,12-13H2,1-3H3,(H,23,26). The Morgan fingerprint density at radius 2 is 1.93 bits per heavy atom. The molecule has 1 unspecified atom stereocenters. The van der Waals surface area contributed by atoms with Gasteiger partial charge in [0.2, 0.25) is 11.7 Å². The number of amides is 2. The first-order valence-electron chi connectivity index (χ1n) is 9.29. The number of nitrogens with one attached hydrogen (secondary N) is 1. The lowest BCUT2D eigenvalue weighted by Gasteiger charge is -2.14. The minimum absolute atomic E-state index is 0.115. The second-order valence-corrected chi connectivity index (χ2v) is 7.26. The molecule has 0 aliphatic carbocycles. The Bertz CT molecular complexity index is 907. The quantitative estimate of drug-likeness (QED) is 0.618. The summed E-state index contributed by atoms with van der Waals surface area (Å²) >= 11 is 0. The molecular weight excluding hydrogens is 356 g/mol. The summed E-state index contributed by atoms with van der Waals surface area (Å²) in [6, 6.07) is 15.3. The highest BCUT2D eigenvalue weighted by Gasteiger charge is 2.41. The van der Waals surface area contributed by atoms with Crippen molar-refractivity contribution >= 4 is 17.6 Å². The van der Waals surface area contributed by atoms with E-state index >= 15 is 0 Å². The maximum absolute atomic E-state index is 12.4. The van der Waals surface area contributed by atoms with Crippen LogP contribution in [0.5, 0.6) is 11.5 Å². The van der Waals surface area contributed by atoms with Crippen molar-refractivity contribution in [3.63, 3.8) is 0 Å². The summed E-state index contributed by atoms with van der Waals surface area (Å²) in [5.41, 5.74) is 1.97. The number of para-hydroxylation sites is 1. The number of benzene rings is 2. The van der Waals surface area contributed by atoms with Crippen molar-refractivity contribution < 1.29 is 19.1 Å². The lowest BCUT2D eigenvalue weighted by molar-refractivity contribution is -0.142. The molecule has 0 saturated carbocycles. The maximum Gasteiger partial charge on any atom is 0.290 e. The lowest BCUT2D eigenvalue weighted by Crippen LogP contribution is -2.35.